The minimum absolute atomic E-state index is 0.0477. The Morgan fingerprint density at radius 2 is 1.62 bits per heavy atom. The van der Waals surface area contributed by atoms with Gasteiger partial charge in [0.15, 0.2) is 0 Å². The normalized spacial score (nSPS) is 11.0. The van der Waals surface area contributed by atoms with Crippen LogP contribution in [0.1, 0.15) is 15.9 Å². The van der Waals surface area contributed by atoms with Crippen molar-refractivity contribution < 1.29 is 22.8 Å². The predicted octanol–water partition coefficient (Wildman–Crippen LogP) is 5.91. The monoisotopic (exact) mass is 480 g/mol. The van der Waals surface area contributed by atoms with Gasteiger partial charge in [0, 0.05) is 35.1 Å². The van der Waals surface area contributed by atoms with Crippen LogP contribution >= 0.6 is 23.4 Å². The SMILES string of the molecule is CNC(=O)c1ccnc(Sc2ccc(NC(=O)Nc3ccc(Cl)c(C(F)(F)F)c3)cc2)c1. The summed E-state index contributed by atoms with van der Waals surface area (Å²) in [6, 6.07) is 12.4. The number of aromatic nitrogens is 1. The van der Waals surface area contributed by atoms with Crippen molar-refractivity contribution in [3.8, 4) is 0 Å². The first-order valence-electron chi connectivity index (χ1n) is 9.06. The minimum atomic E-state index is -4.63. The molecule has 166 valence electrons. The number of pyridine rings is 1. The van der Waals surface area contributed by atoms with Crippen LogP contribution in [0.3, 0.4) is 0 Å². The Kier molecular flexibility index (Phi) is 7.26. The number of nitrogens with zero attached hydrogens (tertiary/aromatic N) is 1. The molecule has 6 nitrogen and oxygen atoms in total. The lowest BCUT2D eigenvalue weighted by Gasteiger charge is -2.12. The summed E-state index contributed by atoms with van der Waals surface area (Å²) >= 11 is 6.90. The van der Waals surface area contributed by atoms with Crippen molar-refractivity contribution in [2.75, 3.05) is 17.7 Å². The number of halogens is 4. The van der Waals surface area contributed by atoms with Crippen LogP contribution in [0, 0.1) is 0 Å². The summed E-state index contributed by atoms with van der Waals surface area (Å²) < 4.78 is 38.8. The first-order chi connectivity index (χ1) is 15.2. The Morgan fingerprint density at radius 1 is 0.969 bits per heavy atom. The van der Waals surface area contributed by atoms with Crippen molar-refractivity contribution in [3.63, 3.8) is 0 Å². The van der Waals surface area contributed by atoms with Gasteiger partial charge in [0.1, 0.15) is 5.03 Å². The standard InChI is InChI=1S/C21H16ClF3N4O2S/c1-26-19(30)12-8-9-27-18(10-12)32-15-5-2-13(3-6-15)28-20(31)29-14-4-7-17(22)16(11-14)21(23,24)25/h2-11H,1H3,(H,26,30)(H2,28,29,31). The molecule has 32 heavy (non-hydrogen) atoms. The zero-order valence-electron chi connectivity index (χ0n) is 16.5. The molecule has 1 aromatic heterocycles. The largest absolute Gasteiger partial charge is 0.417 e. The summed E-state index contributed by atoms with van der Waals surface area (Å²) in [7, 11) is 1.54. The molecule has 1 heterocycles. The van der Waals surface area contributed by atoms with Gasteiger partial charge in [-0.15, -0.1) is 0 Å². The van der Waals surface area contributed by atoms with E-state index in [4.69, 9.17) is 11.6 Å². The van der Waals surface area contributed by atoms with Crippen LogP contribution in [-0.4, -0.2) is 24.0 Å². The number of nitrogens with one attached hydrogen (secondary N) is 3. The molecule has 0 aliphatic heterocycles. The van der Waals surface area contributed by atoms with Crippen LogP contribution in [0.25, 0.3) is 0 Å². The van der Waals surface area contributed by atoms with E-state index in [9.17, 15) is 22.8 Å². The second kappa shape index (κ2) is 9.92. The second-order valence-corrected chi connectivity index (χ2v) is 7.86. The molecule has 11 heteroatoms. The van der Waals surface area contributed by atoms with Gasteiger partial charge in [0.25, 0.3) is 5.91 Å². The molecular weight excluding hydrogens is 465 g/mol. The molecule has 0 saturated heterocycles. The van der Waals surface area contributed by atoms with Crippen LogP contribution < -0.4 is 16.0 Å². The molecule has 0 radical (unpaired) electrons. The van der Waals surface area contributed by atoms with E-state index in [1.807, 2.05) is 0 Å². The Hall–Kier alpha value is -3.24. The summed E-state index contributed by atoms with van der Waals surface area (Å²) in [5.74, 6) is -0.220. The number of urea groups is 1. The quantitative estimate of drug-likeness (QED) is 0.424. The maximum atomic E-state index is 12.9. The third-order valence-corrected chi connectivity index (χ3v) is 5.36. The lowest BCUT2D eigenvalue weighted by Crippen LogP contribution is -2.19. The maximum Gasteiger partial charge on any atom is 0.417 e. The number of anilines is 2. The lowest BCUT2D eigenvalue weighted by atomic mass is 10.2. The highest BCUT2D eigenvalue weighted by Gasteiger charge is 2.33. The second-order valence-electron chi connectivity index (χ2n) is 6.36. The molecule has 0 atom stereocenters. The van der Waals surface area contributed by atoms with Crippen LogP contribution in [0.4, 0.5) is 29.3 Å². The third kappa shape index (κ3) is 6.14. The van der Waals surface area contributed by atoms with Crippen LogP contribution in [-0.2, 0) is 6.18 Å². The van der Waals surface area contributed by atoms with Crippen molar-refractivity contribution >= 4 is 46.7 Å². The molecule has 2 aromatic carbocycles. The fourth-order valence-corrected chi connectivity index (χ4v) is 3.63. The molecule has 3 N–H and O–H groups in total. The molecule has 3 rings (SSSR count). The molecule has 0 aliphatic carbocycles. The van der Waals surface area contributed by atoms with Gasteiger partial charge in [-0.1, -0.05) is 23.4 Å². The van der Waals surface area contributed by atoms with E-state index in [2.05, 4.69) is 20.9 Å². The smallest absolute Gasteiger partial charge is 0.355 e. The predicted molar refractivity (Wildman–Crippen MR) is 117 cm³/mol. The molecule has 0 saturated carbocycles. The molecular formula is C21H16ClF3N4O2S. The Bertz CT molecular complexity index is 1140. The van der Waals surface area contributed by atoms with E-state index < -0.39 is 22.8 Å². The minimum Gasteiger partial charge on any atom is -0.355 e. The number of rotatable bonds is 5. The average Bonchev–Trinajstić information content (AvgIpc) is 2.75. The van der Waals surface area contributed by atoms with E-state index in [-0.39, 0.29) is 11.6 Å². The van der Waals surface area contributed by atoms with E-state index in [0.717, 1.165) is 17.0 Å². The average molecular weight is 481 g/mol. The van der Waals surface area contributed by atoms with Crippen molar-refractivity contribution in [3.05, 3.63) is 76.9 Å². The highest BCUT2D eigenvalue weighted by Crippen LogP contribution is 2.36. The highest BCUT2D eigenvalue weighted by atomic mass is 35.5. The number of amides is 3. The van der Waals surface area contributed by atoms with E-state index >= 15 is 0 Å². The summed E-state index contributed by atoms with van der Waals surface area (Å²) in [6.45, 7) is 0. The van der Waals surface area contributed by atoms with Gasteiger partial charge in [-0.3, -0.25) is 4.79 Å². The van der Waals surface area contributed by atoms with Crippen LogP contribution in [0.15, 0.2) is 70.7 Å². The highest BCUT2D eigenvalue weighted by molar-refractivity contribution is 7.99. The molecule has 3 aromatic rings. The van der Waals surface area contributed by atoms with Gasteiger partial charge in [0.05, 0.1) is 10.6 Å². The van der Waals surface area contributed by atoms with Gasteiger partial charge in [-0.25, -0.2) is 9.78 Å². The lowest BCUT2D eigenvalue weighted by molar-refractivity contribution is -0.137. The molecule has 0 aliphatic rings. The summed E-state index contributed by atoms with van der Waals surface area (Å²) in [6.07, 6.45) is -3.10. The number of carbonyl (C=O) groups is 2. The fourth-order valence-electron chi connectivity index (χ4n) is 2.59. The zero-order valence-corrected chi connectivity index (χ0v) is 18.0. The Balaban J connectivity index is 1.62. The molecule has 0 unspecified atom stereocenters. The van der Waals surface area contributed by atoms with Crippen LogP contribution in [0.2, 0.25) is 5.02 Å². The van der Waals surface area contributed by atoms with Crippen molar-refractivity contribution in [2.24, 2.45) is 0 Å². The molecule has 0 spiro atoms. The maximum absolute atomic E-state index is 12.9. The topological polar surface area (TPSA) is 83.1 Å². The number of alkyl halides is 3. The zero-order chi connectivity index (χ0) is 23.3. The Morgan fingerprint density at radius 3 is 2.28 bits per heavy atom. The van der Waals surface area contributed by atoms with E-state index in [1.165, 1.54) is 24.0 Å². The van der Waals surface area contributed by atoms with E-state index in [0.29, 0.717) is 16.3 Å². The number of carbonyl (C=O) groups excluding carboxylic acids is 2. The third-order valence-electron chi connectivity index (χ3n) is 4.09. The van der Waals surface area contributed by atoms with Crippen molar-refractivity contribution in [1.82, 2.24) is 10.3 Å². The Labute approximate surface area is 190 Å². The first-order valence-corrected chi connectivity index (χ1v) is 10.3. The fraction of sp³-hybridized carbons (Fsp3) is 0.0952. The van der Waals surface area contributed by atoms with Crippen LogP contribution in [0.5, 0.6) is 0 Å². The van der Waals surface area contributed by atoms with Gasteiger partial charge < -0.3 is 16.0 Å². The van der Waals surface area contributed by atoms with Crippen molar-refractivity contribution in [2.45, 2.75) is 16.1 Å². The number of benzene rings is 2. The van der Waals surface area contributed by atoms with Crippen molar-refractivity contribution in [1.29, 1.82) is 0 Å². The number of hydrogen-bond donors (Lipinski definition) is 3. The van der Waals surface area contributed by atoms with Gasteiger partial charge >= 0.3 is 12.2 Å². The molecule has 3 amide bonds. The molecule has 0 bridgehead atoms. The number of hydrogen-bond acceptors (Lipinski definition) is 4. The van der Waals surface area contributed by atoms with Gasteiger partial charge in [-0.05, 0) is 54.6 Å². The summed E-state index contributed by atoms with van der Waals surface area (Å²) in [4.78, 5) is 28.9. The first kappa shape index (κ1) is 23.4. The summed E-state index contributed by atoms with van der Waals surface area (Å²) in [5.41, 5.74) is -0.166. The summed E-state index contributed by atoms with van der Waals surface area (Å²) in [5, 5.41) is 7.60. The molecule has 0 fully saturated rings. The van der Waals surface area contributed by atoms with Gasteiger partial charge in [-0.2, -0.15) is 13.2 Å². The van der Waals surface area contributed by atoms with Gasteiger partial charge in [0.2, 0.25) is 0 Å². The van der Waals surface area contributed by atoms with E-state index in [1.54, 1.807) is 43.4 Å².